The summed E-state index contributed by atoms with van der Waals surface area (Å²) in [4.78, 5) is 11.1. The molecule has 0 heterocycles. The molecule has 2 atom stereocenters. The average Bonchev–Trinajstić information content (AvgIpc) is 2.40. The number of nitrogens with one attached hydrogen (secondary N) is 1. The Kier molecular flexibility index (Phi) is 6.52. The number of nitrogens with two attached hydrogens (primary N) is 1. The summed E-state index contributed by atoms with van der Waals surface area (Å²) < 4.78 is 43.8. The van der Waals surface area contributed by atoms with E-state index in [2.05, 4.69) is 5.32 Å². The molecule has 0 aromatic heterocycles. The van der Waals surface area contributed by atoms with E-state index < -0.39 is 29.4 Å². The molecule has 0 fully saturated rings. The molecule has 0 saturated carbocycles. The smallest absolute Gasteiger partial charge is 0.417 e. The molecule has 0 aliphatic rings. The molecular formula is C16H22ClF3N2O2. The highest BCUT2D eigenvalue weighted by molar-refractivity contribution is 6.32. The Morgan fingerprint density at radius 3 is 2.38 bits per heavy atom. The van der Waals surface area contributed by atoms with Crippen LogP contribution in [-0.4, -0.2) is 18.2 Å². The first-order chi connectivity index (χ1) is 10.8. The van der Waals surface area contributed by atoms with Crippen LogP contribution in [0.25, 0.3) is 0 Å². The molecule has 1 rings (SSSR count). The summed E-state index contributed by atoms with van der Waals surface area (Å²) in [6, 6.07) is 3.40. The number of hydrogen-bond donors (Lipinski definition) is 2. The van der Waals surface area contributed by atoms with Crippen LogP contribution in [-0.2, 0) is 17.5 Å². The third-order valence-corrected chi connectivity index (χ3v) is 4.00. The highest BCUT2D eigenvalue weighted by Crippen LogP contribution is 2.36. The summed E-state index contributed by atoms with van der Waals surface area (Å²) in [6.07, 6.45) is -5.97. The van der Waals surface area contributed by atoms with Gasteiger partial charge in [-0.05, 0) is 18.6 Å². The Bertz CT molecular complexity index is 586. The van der Waals surface area contributed by atoms with Crippen molar-refractivity contribution < 1.29 is 22.7 Å². The largest absolute Gasteiger partial charge is 0.444 e. The quantitative estimate of drug-likeness (QED) is 0.814. The van der Waals surface area contributed by atoms with Gasteiger partial charge in [-0.15, -0.1) is 0 Å². The molecule has 0 radical (unpaired) electrons. The Morgan fingerprint density at radius 1 is 1.33 bits per heavy atom. The average molecular weight is 367 g/mol. The number of benzene rings is 1. The monoisotopic (exact) mass is 366 g/mol. The van der Waals surface area contributed by atoms with E-state index in [4.69, 9.17) is 22.1 Å². The third kappa shape index (κ3) is 5.56. The Hall–Kier alpha value is -1.47. The van der Waals surface area contributed by atoms with Crippen molar-refractivity contribution in [1.29, 1.82) is 0 Å². The first-order valence-electron chi connectivity index (χ1n) is 7.38. The summed E-state index contributed by atoms with van der Waals surface area (Å²) >= 11 is 5.87. The number of amides is 1. The lowest BCUT2D eigenvalue weighted by molar-refractivity contribution is -0.137. The zero-order chi connectivity index (χ0) is 18.7. The van der Waals surface area contributed by atoms with E-state index in [1.165, 1.54) is 12.1 Å². The Morgan fingerprint density at radius 2 is 1.92 bits per heavy atom. The van der Waals surface area contributed by atoms with Crippen LogP contribution < -0.4 is 11.1 Å². The van der Waals surface area contributed by atoms with Gasteiger partial charge in [-0.2, -0.15) is 13.2 Å². The molecule has 1 aromatic rings. The fourth-order valence-electron chi connectivity index (χ4n) is 2.47. The normalized spacial score (nSPS) is 15.0. The van der Waals surface area contributed by atoms with E-state index >= 15 is 0 Å². The molecule has 0 bridgehead atoms. The van der Waals surface area contributed by atoms with Crippen LogP contribution in [0.5, 0.6) is 0 Å². The highest BCUT2D eigenvalue weighted by atomic mass is 35.5. The van der Waals surface area contributed by atoms with Gasteiger partial charge in [0.05, 0.1) is 10.6 Å². The predicted molar refractivity (Wildman–Crippen MR) is 86.7 cm³/mol. The molecule has 0 aliphatic heterocycles. The summed E-state index contributed by atoms with van der Waals surface area (Å²) in [6.45, 7) is 7.47. The summed E-state index contributed by atoms with van der Waals surface area (Å²) in [5, 5.41) is 2.71. The Labute approximate surface area is 144 Å². The van der Waals surface area contributed by atoms with E-state index in [1.54, 1.807) is 6.92 Å². The van der Waals surface area contributed by atoms with Gasteiger partial charge in [-0.3, -0.25) is 0 Å². The topological polar surface area (TPSA) is 64.3 Å². The molecule has 0 saturated heterocycles. The standard InChI is InChI=1S/C16H22ClF3N2O2/c1-9(13(15(2,3)4)24-14(21)23)22-8-10-6-5-7-11(12(10)17)16(18,19)20/h5-7,9,13,22H,8H2,1-4H3,(H2,21,23). The number of halogens is 4. The molecule has 136 valence electrons. The van der Waals surface area contributed by atoms with Crippen molar-refractivity contribution in [3.8, 4) is 0 Å². The summed E-state index contributed by atoms with van der Waals surface area (Å²) in [5.74, 6) is 0. The minimum absolute atomic E-state index is 0.0959. The zero-order valence-electron chi connectivity index (χ0n) is 14.0. The van der Waals surface area contributed by atoms with Crippen molar-refractivity contribution in [2.45, 2.75) is 52.6 Å². The molecule has 8 heteroatoms. The first-order valence-corrected chi connectivity index (χ1v) is 7.76. The summed E-state index contributed by atoms with van der Waals surface area (Å²) in [5.41, 5.74) is 4.12. The van der Waals surface area contributed by atoms with Crippen molar-refractivity contribution in [3.63, 3.8) is 0 Å². The summed E-state index contributed by atoms with van der Waals surface area (Å²) in [7, 11) is 0. The lowest BCUT2D eigenvalue weighted by atomic mass is 9.85. The van der Waals surface area contributed by atoms with Crippen molar-refractivity contribution in [3.05, 3.63) is 34.3 Å². The van der Waals surface area contributed by atoms with Gasteiger partial charge in [0.1, 0.15) is 6.10 Å². The maximum absolute atomic E-state index is 12.9. The van der Waals surface area contributed by atoms with E-state index in [0.29, 0.717) is 5.56 Å². The molecule has 0 spiro atoms. The van der Waals surface area contributed by atoms with Gasteiger partial charge in [0.25, 0.3) is 0 Å². The minimum atomic E-state index is -4.51. The molecule has 2 unspecified atom stereocenters. The second-order valence-electron chi connectivity index (χ2n) is 6.67. The van der Waals surface area contributed by atoms with E-state index in [0.717, 1.165) is 6.07 Å². The van der Waals surface area contributed by atoms with E-state index in [9.17, 15) is 18.0 Å². The minimum Gasteiger partial charge on any atom is -0.444 e. The number of alkyl halides is 3. The maximum Gasteiger partial charge on any atom is 0.417 e. The SMILES string of the molecule is CC(NCc1cccc(C(F)(F)F)c1Cl)C(OC(N)=O)C(C)(C)C. The van der Waals surface area contributed by atoms with Crippen molar-refractivity contribution in [2.75, 3.05) is 0 Å². The van der Waals surface area contributed by atoms with Crippen LogP contribution in [0.4, 0.5) is 18.0 Å². The van der Waals surface area contributed by atoms with Crippen LogP contribution in [0.15, 0.2) is 18.2 Å². The van der Waals surface area contributed by atoms with Crippen LogP contribution >= 0.6 is 11.6 Å². The van der Waals surface area contributed by atoms with Gasteiger partial charge in [-0.25, -0.2) is 4.79 Å². The second kappa shape index (κ2) is 7.61. The third-order valence-electron chi connectivity index (χ3n) is 3.55. The molecule has 0 aliphatic carbocycles. The lowest BCUT2D eigenvalue weighted by Gasteiger charge is -2.34. The van der Waals surface area contributed by atoms with Gasteiger partial charge < -0.3 is 15.8 Å². The van der Waals surface area contributed by atoms with Crippen molar-refractivity contribution in [2.24, 2.45) is 11.1 Å². The first kappa shape index (κ1) is 20.6. The van der Waals surface area contributed by atoms with Gasteiger partial charge in [0, 0.05) is 18.0 Å². The van der Waals surface area contributed by atoms with Gasteiger partial charge >= 0.3 is 12.3 Å². The van der Waals surface area contributed by atoms with Crippen LogP contribution in [0.3, 0.4) is 0 Å². The number of carbonyl (C=O) groups is 1. The molecule has 4 nitrogen and oxygen atoms in total. The number of primary amides is 1. The number of carbonyl (C=O) groups excluding carboxylic acids is 1. The van der Waals surface area contributed by atoms with E-state index in [1.807, 2.05) is 20.8 Å². The van der Waals surface area contributed by atoms with E-state index in [-0.39, 0.29) is 17.6 Å². The van der Waals surface area contributed by atoms with Crippen molar-refractivity contribution >= 4 is 17.7 Å². The fraction of sp³-hybridized carbons (Fsp3) is 0.562. The van der Waals surface area contributed by atoms with Crippen molar-refractivity contribution in [1.82, 2.24) is 5.32 Å². The molecular weight excluding hydrogens is 345 g/mol. The van der Waals surface area contributed by atoms with Gasteiger partial charge in [0.2, 0.25) is 0 Å². The maximum atomic E-state index is 12.9. The van der Waals surface area contributed by atoms with Gasteiger partial charge in [0.15, 0.2) is 0 Å². The number of ether oxygens (including phenoxy) is 1. The molecule has 3 N–H and O–H groups in total. The molecule has 1 amide bonds. The molecule has 1 aromatic carbocycles. The zero-order valence-corrected chi connectivity index (χ0v) is 14.8. The van der Waals surface area contributed by atoms with Crippen LogP contribution in [0.2, 0.25) is 5.02 Å². The van der Waals surface area contributed by atoms with Gasteiger partial charge in [-0.1, -0.05) is 44.5 Å². The fourth-order valence-corrected chi connectivity index (χ4v) is 2.77. The second-order valence-corrected chi connectivity index (χ2v) is 7.05. The van der Waals surface area contributed by atoms with Crippen LogP contribution in [0, 0.1) is 5.41 Å². The number of rotatable bonds is 5. The predicted octanol–water partition coefficient (Wildman–Crippen LogP) is 4.35. The number of hydrogen-bond acceptors (Lipinski definition) is 3. The Balaban J connectivity index is 2.90. The molecule has 24 heavy (non-hydrogen) atoms. The lowest BCUT2D eigenvalue weighted by Crippen LogP contribution is -2.48. The van der Waals surface area contributed by atoms with Crippen LogP contribution in [0.1, 0.15) is 38.8 Å². The highest BCUT2D eigenvalue weighted by Gasteiger charge is 2.35.